The van der Waals surface area contributed by atoms with E-state index in [1.807, 2.05) is 0 Å². The number of carbonyl (C=O) groups is 1. The molecule has 1 aromatic rings. The van der Waals surface area contributed by atoms with Crippen molar-refractivity contribution >= 4 is 59.6 Å². The van der Waals surface area contributed by atoms with Crippen LogP contribution in [0.5, 0.6) is 0 Å². The standard InChI is InChI=1S/C11H12Cl3NO4S2/c1-6(20(2)17)5-15-11(16)7-3-10(21(14,18)19)9(13)4-8(7)12/h3-4,6H,5H2,1-2H3,(H,15,16). The zero-order valence-electron chi connectivity index (χ0n) is 11.0. The van der Waals surface area contributed by atoms with Crippen LogP contribution in [0.25, 0.3) is 0 Å². The number of amides is 1. The first-order chi connectivity index (χ1) is 9.54. The average molecular weight is 393 g/mol. The van der Waals surface area contributed by atoms with Gasteiger partial charge in [-0.05, 0) is 19.1 Å². The maximum absolute atomic E-state index is 12.0. The van der Waals surface area contributed by atoms with Crippen molar-refractivity contribution in [3.63, 3.8) is 0 Å². The summed E-state index contributed by atoms with van der Waals surface area (Å²) >= 11 is 11.6. The molecule has 0 bridgehead atoms. The normalized spacial score (nSPS) is 14.5. The lowest BCUT2D eigenvalue weighted by molar-refractivity contribution is 0.0954. The summed E-state index contributed by atoms with van der Waals surface area (Å²) in [6.45, 7) is 1.86. The van der Waals surface area contributed by atoms with E-state index in [2.05, 4.69) is 5.32 Å². The molecule has 0 saturated heterocycles. The topological polar surface area (TPSA) is 80.3 Å². The van der Waals surface area contributed by atoms with Crippen molar-refractivity contribution in [3.8, 4) is 0 Å². The SMILES string of the molecule is CC(CNC(=O)c1cc(S(=O)(=O)Cl)c(Cl)cc1Cl)S(C)=O. The molecule has 10 heteroatoms. The Bertz CT molecular complexity index is 691. The number of benzene rings is 1. The molecule has 0 aliphatic heterocycles. The minimum atomic E-state index is -4.10. The van der Waals surface area contributed by atoms with Gasteiger partial charge in [0.25, 0.3) is 15.0 Å². The molecule has 0 aliphatic rings. The summed E-state index contributed by atoms with van der Waals surface area (Å²) in [6, 6.07) is 2.14. The van der Waals surface area contributed by atoms with Gasteiger partial charge in [-0.2, -0.15) is 0 Å². The summed E-state index contributed by atoms with van der Waals surface area (Å²) in [6.07, 6.45) is 1.52. The molecule has 0 saturated carbocycles. The molecule has 0 radical (unpaired) electrons. The van der Waals surface area contributed by atoms with Crippen LogP contribution >= 0.6 is 33.9 Å². The molecule has 0 heterocycles. The van der Waals surface area contributed by atoms with Gasteiger partial charge in [-0.1, -0.05) is 23.2 Å². The fourth-order valence-corrected chi connectivity index (χ4v) is 3.48. The Balaban J connectivity index is 3.08. The molecule has 2 unspecified atom stereocenters. The van der Waals surface area contributed by atoms with Crippen LogP contribution < -0.4 is 5.32 Å². The third-order valence-corrected chi connectivity index (χ3v) is 6.04. The maximum Gasteiger partial charge on any atom is 0.262 e. The Morgan fingerprint density at radius 1 is 1.33 bits per heavy atom. The minimum absolute atomic E-state index is 0.00755. The van der Waals surface area contributed by atoms with E-state index in [1.54, 1.807) is 6.92 Å². The Hall–Kier alpha value is -0.340. The second kappa shape index (κ2) is 7.28. The fourth-order valence-electron chi connectivity index (χ4n) is 1.34. The van der Waals surface area contributed by atoms with Crippen LogP contribution in [0.15, 0.2) is 17.0 Å². The summed E-state index contributed by atoms with van der Waals surface area (Å²) in [5.74, 6) is -0.601. The summed E-state index contributed by atoms with van der Waals surface area (Å²) in [5, 5.41) is 2.09. The predicted molar refractivity (Wildman–Crippen MR) is 85.4 cm³/mol. The van der Waals surface area contributed by atoms with Crippen LogP contribution in [0.1, 0.15) is 17.3 Å². The third-order valence-electron chi connectivity index (χ3n) is 2.65. The van der Waals surface area contributed by atoms with E-state index >= 15 is 0 Å². The first-order valence-electron chi connectivity index (χ1n) is 5.58. The number of rotatable bonds is 5. The number of carbonyl (C=O) groups excluding carboxylic acids is 1. The zero-order chi connectivity index (χ0) is 16.4. The van der Waals surface area contributed by atoms with Crippen molar-refractivity contribution < 1.29 is 17.4 Å². The Labute approximate surface area is 139 Å². The highest BCUT2D eigenvalue weighted by molar-refractivity contribution is 8.13. The Kier molecular flexibility index (Phi) is 6.49. The molecule has 0 spiro atoms. The lowest BCUT2D eigenvalue weighted by Gasteiger charge is -2.12. The van der Waals surface area contributed by atoms with Gasteiger partial charge in [0, 0.05) is 39.5 Å². The molecule has 0 fully saturated rings. The van der Waals surface area contributed by atoms with Gasteiger partial charge in [-0.15, -0.1) is 0 Å². The molecule has 5 nitrogen and oxygen atoms in total. The van der Waals surface area contributed by atoms with Gasteiger partial charge in [0.15, 0.2) is 0 Å². The number of hydrogen-bond acceptors (Lipinski definition) is 4. The van der Waals surface area contributed by atoms with Crippen molar-refractivity contribution in [2.75, 3.05) is 12.8 Å². The van der Waals surface area contributed by atoms with Gasteiger partial charge < -0.3 is 5.32 Å². The van der Waals surface area contributed by atoms with Crippen molar-refractivity contribution in [3.05, 3.63) is 27.7 Å². The fraction of sp³-hybridized carbons (Fsp3) is 0.364. The average Bonchev–Trinajstić information content (AvgIpc) is 2.33. The number of hydrogen-bond donors (Lipinski definition) is 1. The van der Waals surface area contributed by atoms with Crippen LogP contribution in [-0.2, 0) is 19.9 Å². The quantitative estimate of drug-likeness (QED) is 0.780. The van der Waals surface area contributed by atoms with Crippen LogP contribution in [0, 0.1) is 0 Å². The van der Waals surface area contributed by atoms with Crippen molar-refractivity contribution in [2.45, 2.75) is 17.1 Å². The largest absolute Gasteiger partial charge is 0.351 e. The molecule has 1 aromatic carbocycles. The van der Waals surface area contributed by atoms with Crippen LogP contribution in [0.4, 0.5) is 0 Å². The molecule has 118 valence electrons. The first-order valence-corrected chi connectivity index (χ1v) is 10.3. The summed E-state index contributed by atoms with van der Waals surface area (Å²) in [7, 11) is 0.0403. The van der Waals surface area contributed by atoms with E-state index in [-0.39, 0.29) is 27.4 Å². The van der Waals surface area contributed by atoms with E-state index in [4.69, 9.17) is 33.9 Å². The predicted octanol–water partition coefficient (Wildman–Crippen LogP) is 2.42. The molecular weight excluding hydrogens is 381 g/mol. The van der Waals surface area contributed by atoms with E-state index in [0.29, 0.717) is 0 Å². The first kappa shape index (κ1) is 18.7. The smallest absolute Gasteiger partial charge is 0.262 e. The van der Waals surface area contributed by atoms with Gasteiger partial charge in [0.2, 0.25) is 0 Å². The van der Waals surface area contributed by atoms with Gasteiger partial charge >= 0.3 is 0 Å². The summed E-state index contributed by atoms with van der Waals surface area (Å²) in [4.78, 5) is 11.6. The van der Waals surface area contributed by atoms with Crippen LogP contribution in [0.2, 0.25) is 10.0 Å². The Morgan fingerprint density at radius 2 is 1.90 bits per heavy atom. The van der Waals surface area contributed by atoms with Crippen molar-refractivity contribution in [1.82, 2.24) is 5.32 Å². The third kappa shape index (κ3) is 5.10. The number of nitrogens with one attached hydrogen (secondary N) is 1. The van der Waals surface area contributed by atoms with E-state index in [9.17, 15) is 17.4 Å². The molecular formula is C11H12Cl3NO4S2. The van der Waals surface area contributed by atoms with E-state index in [1.165, 1.54) is 6.26 Å². The van der Waals surface area contributed by atoms with Gasteiger partial charge in [-0.3, -0.25) is 9.00 Å². The molecule has 21 heavy (non-hydrogen) atoms. The molecule has 1 amide bonds. The van der Waals surface area contributed by atoms with Gasteiger partial charge in [0.1, 0.15) is 4.90 Å². The van der Waals surface area contributed by atoms with Crippen molar-refractivity contribution in [1.29, 1.82) is 0 Å². The lowest BCUT2D eigenvalue weighted by atomic mass is 10.2. The maximum atomic E-state index is 12.0. The Morgan fingerprint density at radius 3 is 2.38 bits per heavy atom. The van der Waals surface area contributed by atoms with Crippen LogP contribution in [-0.4, -0.2) is 36.6 Å². The summed E-state index contributed by atoms with van der Waals surface area (Å²) in [5.41, 5.74) is -0.0747. The second-order valence-corrected chi connectivity index (χ2v) is 9.37. The monoisotopic (exact) mass is 391 g/mol. The minimum Gasteiger partial charge on any atom is -0.351 e. The van der Waals surface area contributed by atoms with Crippen LogP contribution in [0.3, 0.4) is 0 Å². The highest BCUT2D eigenvalue weighted by Gasteiger charge is 2.21. The highest BCUT2D eigenvalue weighted by atomic mass is 35.7. The van der Waals surface area contributed by atoms with E-state index < -0.39 is 30.7 Å². The molecule has 1 N–H and O–H groups in total. The van der Waals surface area contributed by atoms with Gasteiger partial charge in [-0.25, -0.2) is 8.42 Å². The van der Waals surface area contributed by atoms with Crippen molar-refractivity contribution in [2.24, 2.45) is 0 Å². The molecule has 2 atom stereocenters. The van der Waals surface area contributed by atoms with E-state index in [0.717, 1.165) is 12.1 Å². The molecule has 0 aromatic heterocycles. The molecule has 1 rings (SSSR count). The number of halogens is 3. The van der Waals surface area contributed by atoms with Gasteiger partial charge in [0.05, 0.1) is 15.6 Å². The highest BCUT2D eigenvalue weighted by Crippen LogP contribution is 2.30. The summed E-state index contributed by atoms with van der Waals surface area (Å²) < 4.78 is 33.9. The molecule has 0 aliphatic carbocycles. The lowest BCUT2D eigenvalue weighted by Crippen LogP contribution is -2.32. The second-order valence-electron chi connectivity index (χ2n) is 4.22. The zero-order valence-corrected chi connectivity index (χ0v) is 14.9.